The summed E-state index contributed by atoms with van der Waals surface area (Å²) < 4.78 is 27.8. The normalized spacial score (nSPS) is 11.3. The average molecular weight is 282 g/mol. The van der Waals surface area contributed by atoms with Gasteiger partial charge in [-0.05, 0) is 24.5 Å². The van der Waals surface area contributed by atoms with Gasteiger partial charge in [-0.1, -0.05) is 19.9 Å². The van der Waals surface area contributed by atoms with Crippen molar-refractivity contribution in [3.8, 4) is 0 Å². The van der Waals surface area contributed by atoms with Crippen LogP contribution < -0.4 is 5.73 Å². The minimum absolute atomic E-state index is 0.0885. The fourth-order valence-electron chi connectivity index (χ4n) is 2.00. The molecule has 1 aromatic carbocycles. The number of rotatable bonds is 3. The second kappa shape index (κ2) is 5.25. The largest absolute Gasteiger partial charge is 0.375 e. The number of aromatic nitrogens is 1. The smallest absolute Gasteiger partial charge is 0.180 e. The number of nitrogen functional groups attached to an aromatic ring is 1. The van der Waals surface area contributed by atoms with E-state index < -0.39 is 11.6 Å². The fraction of sp³-hybridized carbons (Fsp3) is 0.357. The van der Waals surface area contributed by atoms with E-state index in [1.807, 2.05) is 13.8 Å². The third kappa shape index (κ3) is 2.76. The highest BCUT2D eigenvalue weighted by atomic mass is 32.1. The summed E-state index contributed by atoms with van der Waals surface area (Å²) in [4.78, 5) is 5.07. The number of nitrogens with two attached hydrogens (primary N) is 1. The van der Waals surface area contributed by atoms with Gasteiger partial charge in [0.25, 0.3) is 0 Å². The lowest BCUT2D eigenvalue weighted by Crippen LogP contribution is -2.01. The molecule has 0 aliphatic carbocycles. The third-order valence-electron chi connectivity index (χ3n) is 3.01. The number of halogens is 2. The molecule has 0 spiro atoms. The molecule has 0 fully saturated rings. The highest BCUT2D eigenvalue weighted by molar-refractivity contribution is 7.15. The van der Waals surface area contributed by atoms with Crippen molar-refractivity contribution in [2.75, 3.05) is 5.73 Å². The lowest BCUT2D eigenvalue weighted by molar-refractivity contribution is 0.555. The van der Waals surface area contributed by atoms with Crippen molar-refractivity contribution in [3.05, 3.63) is 45.5 Å². The van der Waals surface area contributed by atoms with Crippen LogP contribution in [0.1, 0.15) is 41.5 Å². The van der Waals surface area contributed by atoms with E-state index in [9.17, 15) is 8.78 Å². The zero-order valence-electron chi connectivity index (χ0n) is 11.1. The van der Waals surface area contributed by atoms with E-state index in [2.05, 4.69) is 4.98 Å². The van der Waals surface area contributed by atoms with Gasteiger partial charge >= 0.3 is 0 Å². The van der Waals surface area contributed by atoms with E-state index in [4.69, 9.17) is 5.73 Å². The molecule has 102 valence electrons. The van der Waals surface area contributed by atoms with Crippen molar-refractivity contribution in [2.45, 2.75) is 33.1 Å². The van der Waals surface area contributed by atoms with Gasteiger partial charge in [0.2, 0.25) is 0 Å². The Bertz CT molecular complexity index is 606. The summed E-state index contributed by atoms with van der Waals surface area (Å²) >= 11 is 1.29. The predicted octanol–water partition coefficient (Wildman–Crippen LogP) is 4.03. The minimum atomic E-state index is -0.523. The lowest BCUT2D eigenvalue weighted by Gasteiger charge is -2.08. The molecule has 0 aliphatic heterocycles. The lowest BCUT2D eigenvalue weighted by atomic mass is 10.0. The number of benzene rings is 1. The van der Waals surface area contributed by atoms with Gasteiger partial charge in [-0.25, -0.2) is 13.8 Å². The number of hydrogen-bond acceptors (Lipinski definition) is 3. The summed E-state index contributed by atoms with van der Waals surface area (Å²) in [5, 5.41) is 0.437. The molecular weight excluding hydrogens is 266 g/mol. The Morgan fingerprint density at radius 3 is 2.63 bits per heavy atom. The Hall–Kier alpha value is -1.49. The molecule has 0 saturated heterocycles. The molecule has 1 aromatic heterocycles. The quantitative estimate of drug-likeness (QED) is 0.923. The van der Waals surface area contributed by atoms with Gasteiger partial charge in [-0.2, -0.15) is 0 Å². The Kier molecular flexibility index (Phi) is 3.85. The maximum atomic E-state index is 14.0. The van der Waals surface area contributed by atoms with Crippen LogP contribution in [0.5, 0.6) is 0 Å². The van der Waals surface area contributed by atoms with Crippen LogP contribution in [0.4, 0.5) is 13.9 Å². The molecule has 2 rings (SSSR count). The fourth-order valence-corrected chi connectivity index (χ4v) is 3.00. The molecule has 0 aliphatic rings. The molecule has 1 heterocycles. The minimum Gasteiger partial charge on any atom is -0.375 e. The molecule has 0 saturated carbocycles. The van der Waals surface area contributed by atoms with E-state index in [-0.39, 0.29) is 17.9 Å². The molecule has 5 heteroatoms. The molecule has 0 amide bonds. The molecule has 0 radical (unpaired) electrons. The number of aryl methyl sites for hydroxylation is 1. The van der Waals surface area contributed by atoms with E-state index >= 15 is 0 Å². The Morgan fingerprint density at radius 1 is 1.32 bits per heavy atom. The van der Waals surface area contributed by atoms with E-state index in [1.54, 1.807) is 6.92 Å². The van der Waals surface area contributed by atoms with Crippen molar-refractivity contribution >= 4 is 16.5 Å². The first-order valence-electron chi connectivity index (χ1n) is 6.08. The highest BCUT2D eigenvalue weighted by Gasteiger charge is 2.18. The van der Waals surface area contributed by atoms with Gasteiger partial charge in [0.05, 0.1) is 5.69 Å². The molecule has 0 bridgehead atoms. The van der Waals surface area contributed by atoms with Gasteiger partial charge in [-0.3, -0.25) is 0 Å². The Morgan fingerprint density at radius 2 is 2.00 bits per heavy atom. The number of anilines is 1. The predicted molar refractivity (Wildman–Crippen MR) is 74.5 cm³/mol. The van der Waals surface area contributed by atoms with Gasteiger partial charge in [0.1, 0.15) is 11.6 Å². The zero-order valence-corrected chi connectivity index (χ0v) is 11.9. The summed E-state index contributed by atoms with van der Waals surface area (Å²) in [6, 6.07) is 2.74. The number of thiazole rings is 1. The molecule has 0 atom stereocenters. The van der Waals surface area contributed by atoms with Crippen LogP contribution in [0, 0.1) is 18.6 Å². The summed E-state index contributed by atoms with van der Waals surface area (Å²) in [5.74, 6) is -0.828. The molecule has 19 heavy (non-hydrogen) atoms. The van der Waals surface area contributed by atoms with Gasteiger partial charge < -0.3 is 5.73 Å². The first-order chi connectivity index (χ1) is 8.90. The van der Waals surface area contributed by atoms with Crippen LogP contribution in [-0.4, -0.2) is 4.98 Å². The van der Waals surface area contributed by atoms with Crippen molar-refractivity contribution < 1.29 is 8.78 Å². The Balaban J connectivity index is 2.44. The van der Waals surface area contributed by atoms with Crippen LogP contribution in [0.3, 0.4) is 0 Å². The molecule has 2 nitrogen and oxygen atoms in total. The van der Waals surface area contributed by atoms with E-state index in [1.165, 1.54) is 23.5 Å². The average Bonchev–Trinajstić information content (AvgIpc) is 2.71. The molecule has 0 unspecified atom stereocenters. The van der Waals surface area contributed by atoms with Crippen LogP contribution in [0.2, 0.25) is 0 Å². The van der Waals surface area contributed by atoms with E-state index in [0.29, 0.717) is 10.7 Å². The standard InChI is InChI=1S/C14H16F2N2S/c1-7(2)13-11(19-14(17)18-13)6-9-10(15)5-4-8(3)12(9)16/h4-5,7H,6H2,1-3H3,(H2,17,18). The van der Waals surface area contributed by atoms with Gasteiger partial charge in [0, 0.05) is 16.9 Å². The SMILES string of the molecule is Cc1ccc(F)c(Cc2sc(N)nc2C(C)C)c1F. The Labute approximate surface area is 115 Å². The summed E-state index contributed by atoms with van der Waals surface area (Å²) in [5.41, 5.74) is 7.05. The number of nitrogens with zero attached hydrogens (tertiary/aromatic N) is 1. The second-order valence-electron chi connectivity index (χ2n) is 4.85. The molecule has 2 N–H and O–H groups in total. The van der Waals surface area contributed by atoms with Crippen LogP contribution >= 0.6 is 11.3 Å². The highest BCUT2D eigenvalue weighted by Crippen LogP contribution is 2.30. The zero-order chi connectivity index (χ0) is 14.2. The first kappa shape index (κ1) is 13.9. The van der Waals surface area contributed by atoms with Gasteiger partial charge in [-0.15, -0.1) is 11.3 Å². The van der Waals surface area contributed by atoms with Crippen molar-refractivity contribution in [3.63, 3.8) is 0 Å². The van der Waals surface area contributed by atoms with Crippen molar-refractivity contribution in [1.82, 2.24) is 4.98 Å². The maximum Gasteiger partial charge on any atom is 0.180 e. The van der Waals surface area contributed by atoms with Crippen LogP contribution in [0.25, 0.3) is 0 Å². The maximum absolute atomic E-state index is 14.0. The third-order valence-corrected chi connectivity index (χ3v) is 3.91. The van der Waals surface area contributed by atoms with E-state index in [0.717, 1.165) is 10.6 Å². The summed E-state index contributed by atoms with van der Waals surface area (Å²) in [6.07, 6.45) is 0.196. The molecular formula is C14H16F2N2S. The second-order valence-corrected chi connectivity index (χ2v) is 5.96. The van der Waals surface area contributed by atoms with Crippen molar-refractivity contribution in [2.24, 2.45) is 0 Å². The van der Waals surface area contributed by atoms with Crippen molar-refractivity contribution in [1.29, 1.82) is 0 Å². The first-order valence-corrected chi connectivity index (χ1v) is 6.90. The summed E-state index contributed by atoms with van der Waals surface area (Å²) in [7, 11) is 0. The topological polar surface area (TPSA) is 38.9 Å². The summed E-state index contributed by atoms with van der Waals surface area (Å²) in [6.45, 7) is 5.60. The van der Waals surface area contributed by atoms with Crippen LogP contribution in [0.15, 0.2) is 12.1 Å². The van der Waals surface area contributed by atoms with Gasteiger partial charge in [0.15, 0.2) is 5.13 Å². The van der Waals surface area contributed by atoms with Crippen LogP contribution in [-0.2, 0) is 6.42 Å². The monoisotopic (exact) mass is 282 g/mol. The molecule has 2 aromatic rings. The number of hydrogen-bond donors (Lipinski definition) is 1.